The fourth-order valence-electron chi connectivity index (χ4n) is 3.80. The van der Waals surface area contributed by atoms with Crippen molar-refractivity contribution >= 4 is 32.3 Å². The van der Waals surface area contributed by atoms with E-state index in [2.05, 4.69) is 65.0 Å². The highest BCUT2D eigenvalue weighted by atomic mass is 14.2. The topological polar surface area (TPSA) is 0 Å². The number of aryl methyl sites for hydroxylation is 5. The van der Waals surface area contributed by atoms with Crippen LogP contribution in [0.5, 0.6) is 0 Å². The van der Waals surface area contributed by atoms with Gasteiger partial charge in [-0.1, -0.05) is 30.3 Å². The van der Waals surface area contributed by atoms with Gasteiger partial charge in [-0.05, 0) is 94.8 Å². The second-order valence-electron chi connectivity index (χ2n) is 6.53. The number of hydrogen-bond acceptors (Lipinski definition) is 0. The third kappa shape index (κ3) is 1.51. The maximum absolute atomic E-state index is 2.38. The maximum atomic E-state index is 2.38. The standard InChI is InChI=1S/C21H20/c1-11-6-7-16-13(3)10-19-15(5)12(2)8-18-14(4)9-17(11)20(16)21(18)19/h6-10H,1-5H3. The van der Waals surface area contributed by atoms with Gasteiger partial charge in [0.25, 0.3) is 0 Å². The van der Waals surface area contributed by atoms with E-state index in [4.69, 9.17) is 0 Å². The lowest BCUT2D eigenvalue weighted by Gasteiger charge is -2.18. The van der Waals surface area contributed by atoms with Crippen LogP contribution in [0.2, 0.25) is 0 Å². The van der Waals surface area contributed by atoms with Crippen molar-refractivity contribution in [1.29, 1.82) is 0 Å². The first-order valence-electron chi connectivity index (χ1n) is 7.64. The molecule has 0 spiro atoms. The van der Waals surface area contributed by atoms with Crippen LogP contribution in [0.4, 0.5) is 0 Å². The lowest BCUT2D eigenvalue weighted by molar-refractivity contribution is 1.38. The molecule has 4 aromatic rings. The molecule has 0 N–H and O–H groups in total. The first-order chi connectivity index (χ1) is 9.99. The molecule has 0 bridgehead atoms. The zero-order valence-electron chi connectivity index (χ0n) is 13.4. The van der Waals surface area contributed by atoms with Crippen LogP contribution in [0.15, 0.2) is 30.3 Å². The molecular formula is C21H20. The van der Waals surface area contributed by atoms with Crippen molar-refractivity contribution in [2.75, 3.05) is 0 Å². The molecule has 0 fully saturated rings. The van der Waals surface area contributed by atoms with Crippen LogP contribution in [-0.2, 0) is 0 Å². The van der Waals surface area contributed by atoms with Gasteiger partial charge in [0.2, 0.25) is 0 Å². The summed E-state index contributed by atoms with van der Waals surface area (Å²) in [5.74, 6) is 0. The molecule has 0 atom stereocenters. The Morgan fingerprint density at radius 3 is 1.76 bits per heavy atom. The second-order valence-corrected chi connectivity index (χ2v) is 6.53. The van der Waals surface area contributed by atoms with Gasteiger partial charge in [-0.25, -0.2) is 0 Å². The molecule has 0 saturated heterocycles. The Balaban J connectivity index is 2.49. The molecule has 4 aromatic carbocycles. The molecule has 0 unspecified atom stereocenters. The highest BCUT2D eigenvalue weighted by Gasteiger charge is 2.15. The molecule has 0 nitrogen and oxygen atoms in total. The smallest absolute Gasteiger partial charge is 0.00210 e. The van der Waals surface area contributed by atoms with Crippen molar-refractivity contribution in [3.63, 3.8) is 0 Å². The Bertz CT molecular complexity index is 1020. The molecule has 0 amide bonds. The van der Waals surface area contributed by atoms with E-state index < -0.39 is 0 Å². The quantitative estimate of drug-likeness (QED) is 0.338. The molecule has 0 heteroatoms. The molecule has 104 valence electrons. The molecule has 0 aromatic heterocycles. The largest absolute Gasteiger partial charge is 0.0581 e. The van der Waals surface area contributed by atoms with Crippen LogP contribution in [-0.4, -0.2) is 0 Å². The van der Waals surface area contributed by atoms with E-state index in [0.29, 0.717) is 0 Å². The van der Waals surface area contributed by atoms with E-state index >= 15 is 0 Å². The summed E-state index contributed by atoms with van der Waals surface area (Å²) in [4.78, 5) is 0. The van der Waals surface area contributed by atoms with E-state index in [-0.39, 0.29) is 0 Å². The Kier molecular flexibility index (Phi) is 2.39. The summed E-state index contributed by atoms with van der Waals surface area (Å²) >= 11 is 0. The first-order valence-corrected chi connectivity index (χ1v) is 7.64. The summed E-state index contributed by atoms with van der Waals surface area (Å²) in [6, 6.07) is 11.7. The molecule has 21 heavy (non-hydrogen) atoms. The number of rotatable bonds is 0. The van der Waals surface area contributed by atoms with E-state index in [0.717, 1.165) is 0 Å². The zero-order chi connectivity index (χ0) is 14.9. The maximum Gasteiger partial charge on any atom is -0.00210 e. The summed E-state index contributed by atoms with van der Waals surface area (Å²) in [5, 5.41) is 8.56. The van der Waals surface area contributed by atoms with Gasteiger partial charge in [-0.2, -0.15) is 0 Å². The van der Waals surface area contributed by atoms with Crippen molar-refractivity contribution in [3.05, 3.63) is 58.1 Å². The van der Waals surface area contributed by atoms with Crippen molar-refractivity contribution in [2.45, 2.75) is 34.6 Å². The van der Waals surface area contributed by atoms with Crippen LogP contribution >= 0.6 is 0 Å². The van der Waals surface area contributed by atoms with Gasteiger partial charge in [0.15, 0.2) is 0 Å². The average Bonchev–Trinajstić information content (AvgIpc) is 2.45. The molecule has 0 aliphatic rings. The third-order valence-electron chi connectivity index (χ3n) is 5.18. The summed E-state index contributed by atoms with van der Waals surface area (Å²) < 4.78 is 0. The monoisotopic (exact) mass is 272 g/mol. The lowest BCUT2D eigenvalue weighted by atomic mass is 9.85. The van der Waals surface area contributed by atoms with Crippen molar-refractivity contribution in [1.82, 2.24) is 0 Å². The van der Waals surface area contributed by atoms with Crippen LogP contribution in [0.1, 0.15) is 27.8 Å². The fourth-order valence-corrected chi connectivity index (χ4v) is 3.80. The first kappa shape index (κ1) is 12.6. The van der Waals surface area contributed by atoms with E-state index in [1.54, 1.807) is 0 Å². The molecule has 0 radical (unpaired) electrons. The van der Waals surface area contributed by atoms with Gasteiger partial charge in [0.1, 0.15) is 0 Å². The van der Waals surface area contributed by atoms with Gasteiger partial charge < -0.3 is 0 Å². The van der Waals surface area contributed by atoms with Gasteiger partial charge in [0.05, 0.1) is 0 Å². The Morgan fingerprint density at radius 1 is 0.476 bits per heavy atom. The average molecular weight is 272 g/mol. The van der Waals surface area contributed by atoms with E-state index in [9.17, 15) is 0 Å². The third-order valence-corrected chi connectivity index (χ3v) is 5.18. The highest BCUT2D eigenvalue weighted by Crippen LogP contribution is 2.41. The second kappa shape index (κ2) is 3.98. The Morgan fingerprint density at radius 2 is 1.00 bits per heavy atom. The Labute approximate surface area is 125 Å². The Hall–Kier alpha value is -2.08. The summed E-state index contributed by atoms with van der Waals surface area (Å²) in [5.41, 5.74) is 6.94. The van der Waals surface area contributed by atoms with E-state index in [1.165, 1.54) is 60.1 Å². The highest BCUT2D eigenvalue weighted by molar-refractivity contribution is 6.25. The predicted octanol–water partition coefficient (Wildman–Crippen LogP) is 6.13. The minimum atomic E-state index is 1.37. The molecule has 0 aliphatic heterocycles. The predicted molar refractivity (Wildman–Crippen MR) is 93.8 cm³/mol. The summed E-state index contributed by atoms with van der Waals surface area (Å²) in [6.07, 6.45) is 0. The van der Waals surface area contributed by atoms with Crippen molar-refractivity contribution < 1.29 is 0 Å². The minimum Gasteiger partial charge on any atom is -0.0581 e. The van der Waals surface area contributed by atoms with Gasteiger partial charge >= 0.3 is 0 Å². The summed E-state index contributed by atoms with van der Waals surface area (Å²) in [7, 11) is 0. The molecule has 0 heterocycles. The lowest BCUT2D eigenvalue weighted by Crippen LogP contribution is -1.94. The minimum absolute atomic E-state index is 1.37. The van der Waals surface area contributed by atoms with Crippen LogP contribution in [0.25, 0.3) is 32.3 Å². The fraction of sp³-hybridized carbons (Fsp3) is 0.238. The van der Waals surface area contributed by atoms with Crippen molar-refractivity contribution in [3.8, 4) is 0 Å². The SMILES string of the molecule is Cc1cc2c(C)cc3c(C)ccc4c(C)cc(c1C)c2c43. The number of hydrogen-bond donors (Lipinski definition) is 0. The number of benzene rings is 4. The molecule has 4 rings (SSSR count). The van der Waals surface area contributed by atoms with Gasteiger partial charge in [-0.15, -0.1) is 0 Å². The zero-order valence-corrected chi connectivity index (χ0v) is 13.4. The van der Waals surface area contributed by atoms with Crippen LogP contribution in [0.3, 0.4) is 0 Å². The van der Waals surface area contributed by atoms with Crippen molar-refractivity contribution in [2.24, 2.45) is 0 Å². The molecule has 0 aliphatic carbocycles. The van der Waals surface area contributed by atoms with Crippen LogP contribution in [0, 0.1) is 34.6 Å². The molecular weight excluding hydrogens is 252 g/mol. The van der Waals surface area contributed by atoms with Crippen LogP contribution < -0.4 is 0 Å². The molecule has 0 saturated carbocycles. The van der Waals surface area contributed by atoms with Gasteiger partial charge in [0, 0.05) is 0 Å². The van der Waals surface area contributed by atoms with Gasteiger partial charge in [-0.3, -0.25) is 0 Å². The summed E-state index contributed by atoms with van der Waals surface area (Å²) in [6.45, 7) is 11.2. The van der Waals surface area contributed by atoms with E-state index in [1.807, 2.05) is 0 Å². The normalized spacial score (nSPS) is 12.0.